The summed E-state index contributed by atoms with van der Waals surface area (Å²) in [6, 6.07) is 8.35. The molecule has 1 aromatic heterocycles. The number of benzene rings is 2. The zero-order valence-corrected chi connectivity index (χ0v) is 19.5. The molecule has 3 aromatic rings. The van der Waals surface area contributed by atoms with Gasteiger partial charge in [0.2, 0.25) is 0 Å². The van der Waals surface area contributed by atoms with E-state index in [2.05, 4.69) is 10.4 Å². The highest BCUT2D eigenvalue weighted by molar-refractivity contribution is 6.36. The molecule has 0 aliphatic carbocycles. The van der Waals surface area contributed by atoms with Crippen molar-refractivity contribution < 1.29 is 26.7 Å². The number of nitrogens with one attached hydrogen (secondary N) is 1. The zero-order valence-electron chi connectivity index (χ0n) is 18.8. The minimum Gasteiger partial charge on any atom is -0.368 e. The van der Waals surface area contributed by atoms with Gasteiger partial charge in [-0.15, -0.1) is 0 Å². The molecule has 3 heterocycles. The summed E-state index contributed by atoms with van der Waals surface area (Å²) in [5.41, 5.74) is 1.01. The molecule has 12 heteroatoms. The standard InChI is InChI=1S/C24H21ClF5N5O/c25-20-21(23(36)34-11-9-33(10-12-34)17-7-5-16(27)6-8-17)32-35-19(24(28,29)30)13-18(31-22(20)35)14-1-3-15(26)4-2-14/h1-8,18-19,31H,9-13H2. The fourth-order valence-corrected chi connectivity index (χ4v) is 4.87. The van der Waals surface area contributed by atoms with Crippen molar-refractivity contribution >= 4 is 29.0 Å². The molecule has 1 amide bonds. The third-order valence-corrected chi connectivity index (χ3v) is 6.89. The van der Waals surface area contributed by atoms with Crippen LogP contribution in [0, 0.1) is 11.6 Å². The summed E-state index contributed by atoms with van der Waals surface area (Å²) < 4.78 is 69.2. The van der Waals surface area contributed by atoms with Crippen molar-refractivity contribution in [3.63, 3.8) is 0 Å². The van der Waals surface area contributed by atoms with Crippen molar-refractivity contribution in [1.82, 2.24) is 14.7 Å². The van der Waals surface area contributed by atoms with E-state index in [1.165, 1.54) is 41.3 Å². The lowest BCUT2D eigenvalue weighted by Crippen LogP contribution is -2.49. The number of rotatable bonds is 3. The second-order valence-electron chi connectivity index (χ2n) is 8.75. The van der Waals surface area contributed by atoms with E-state index in [9.17, 15) is 26.7 Å². The van der Waals surface area contributed by atoms with Gasteiger partial charge in [-0.25, -0.2) is 13.5 Å². The summed E-state index contributed by atoms with van der Waals surface area (Å²) >= 11 is 6.42. The van der Waals surface area contributed by atoms with Crippen molar-refractivity contribution in [3.8, 4) is 0 Å². The molecule has 1 N–H and O–H groups in total. The highest BCUT2D eigenvalue weighted by atomic mass is 35.5. The number of piperazine rings is 1. The molecule has 0 bridgehead atoms. The molecule has 0 saturated carbocycles. The Labute approximate surface area is 208 Å². The molecule has 2 atom stereocenters. The maximum Gasteiger partial charge on any atom is 0.410 e. The molecule has 190 valence electrons. The van der Waals surface area contributed by atoms with Crippen molar-refractivity contribution in [2.45, 2.75) is 24.7 Å². The van der Waals surface area contributed by atoms with E-state index in [1.54, 1.807) is 12.1 Å². The van der Waals surface area contributed by atoms with Gasteiger partial charge in [0, 0.05) is 38.3 Å². The monoisotopic (exact) mass is 525 g/mol. The van der Waals surface area contributed by atoms with Gasteiger partial charge in [-0.2, -0.15) is 18.3 Å². The van der Waals surface area contributed by atoms with Gasteiger partial charge < -0.3 is 15.1 Å². The first kappa shape index (κ1) is 24.4. The molecule has 1 fully saturated rings. The fraction of sp³-hybridized carbons (Fsp3) is 0.333. The molecule has 5 rings (SSSR count). The normalized spacial score (nSPS) is 20.2. The number of carbonyl (C=O) groups is 1. The third-order valence-electron chi connectivity index (χ3n) is 6.53. The highest BCUT2D eigenvalue weighted by Gasteiger charge is 2.48. The first-order valence-corrected chi connectivity index (χ1v) is 11.7. The average molecular weight is 526 g/mol. The van der Waals surface area contributed by atoms with Crippen LogP contribution in [0.2, 0.25) is 5.02 Å². The number of alkyl halides is 3. The summed E-state index contributed by atoms with van der Waals surface area (Å²) in [4.78, 5) is 16.7. The maximum atomic E-state index is 14.0. The SMILES string of the molecule is O=C(c1nn2c(c1Cl)NC(c1ccc(F)cc1)CC2C(F)(F)F)N1CCN(c2ccc(F)cc2)CC1. The highest BCUT2D eigenvalue weighted by Crippen LogP contribution is 2.46. The van der Waals surface area contributed by atoms with E-state index in [-0.39, 0.29) is 22.4 Å². The molecule has 2 aliphatic heterocycles. The van der Waals surface area contributed by atoms with Crippen LogP contribution in [0.25, 0.3) is 0 Å². The summed E-state index contributed by atoms with van der Waals surface area (Å²) in [6.45, 7) is 1.50. The van der Waals surface area contributed by atoms with Crippen LogP contribution in [0.1, 0.15) is 34.6 Å². The Morgan fingerprint density at radius 1 is 0.944 bits per heavy atom. The Morgan fingerprint density at radius 3 is 2.11 bits per heavy atom. The minimum atomic E-state index is -4.65. The number of halogens is 6. The average Bonchev–Trinajstić information content (AvgIpc) is 3.19. The van der Waals surface area contributed by atoms with Crippen molar-refractivity contribution in [2.75, 3.05) is 36.4 Å². The van der Waals surface area contributed by atoms with Crippen LogP contribution in [0.15, 0.2) is 48.5 Å². The molecular weight excluding hydrogens is 505 g/mol. The first-order valence-electron chi connectivity index (χ1n) is 11.3. The summed E-state index contributed by atoms with van der Waals surface area (Å²) in [5.74, 6) is -1.52. The van der Waals surface area contributed by atoms with E-state index < -0.39 is 36.4 Å². The van der Waals surface area contributed by atoms with E-state index in [0.29, 0.717) is 31.7 Å². The van der Waals surface area contributed by atoms with Crippen LogP contribution in [-0.4, -0.2) is 52.9 Å². The van der Waals surface area contributed by atoms with Gasteiger partial charge in [0.25, 0.3) is 5.91 Å². The van der Waals surface area contributed by atoms with Gasteiger partial charge >= 0.3 is 6.18 Å². The van der Waals surface area contributed by atoms with E-state index in [0.717, 1.165) is 10.4 Å². The molecule has 2 unspecified atom stereocenters. The van der Waals surface area contributed by atoms with Gasteiger partial charge in [-0.05, 0) is 42.0 Å². The number of hydrogen-bond donors (Lipinski definition) is 1. The zero-order chi connectivity index (χ0) is 25.6. The first-order chi connectivity index (χ1) is 17.1. The molecule has 2 aliphatic rings. The quantitative estimate of drug-likeness (QED) is 0.463. The number of anilines is 2. The Balaban J connectivity index is 1.38. The fourth-order valence-electron chi connectivity index (χ4n) is 4.61. The van der Waals surface area contributed by atoms with Gasteiger partial charge in [-0.1, -0.05) is 23.7 Å². The Hall–Kier alpha value is -3.34. The lowest BCUT2D eigenvalue weighted by atomic mass is 9.97. The van der Waals surface area contributed by atoms with E-state index in [4.69, 9.17) is 11.6 Å². The van der Waals surface area contributed by atoms with Gasteiger partial charge in [-0.3, -0.25) is 4.79 Å². The van der Waals surface area contributed by atoms with Crippen LogP contribution in [0.4, 0.5) is 33.5 Å². The topological polar surface area (TPSA) is 53.4 Å². The molecule has 2 aromatic carbocycles. The van der Waals surface area contributed by atoms with Crippen LogP contribution < -0.4 is 10.2 Å². The van der Waals surface area contributed by atoms with Crippen LogP contribution in [0.3, 0.4) is 0 Å². The van der Waals surface area contributed by atoms with Crippen molar-refractivity contribution in [3.05, 3.63) is 76.4 Å². The number of hydrogen-bond acceptors (Lipinski definition) is 4. The Bertz CT molecular complexity index is 1250. The molecule has 6 nitrogen and oxygen atoms in total. The van der Waals surface area contributed by atoms with Gasteiger partial charge in [0.1, 0.15) is 22.5 Å². The van der Waals surface area contributed by atoms with Crippen LogP contribution in [0.5, 0.6) is 0 Å². The van der Waals surface area contributed by atoms with Crippen molar-refractivity contribution in [2.24, 2.45) is 0 Å². The number of amides is 1. The lowest BCUT2D eigenvalue weighted by Gasteiger charge is -2.35. The lowest BCUT2D eigenvalue weighted by molar-refractivity contribution is -0.173. The smallest absolute Gasteiger partial charge is 0.368 e. The predicted molar refractivity (Wildman–Crippen MR) is 124 cm³/mol. The molecular formula is C24H21ClF5N5O. The number of nitrogens with zero attached hydrogens (tertiary/aromatic N) is 4. The van der Waals surface area contributed by atoms with Crippen LogP contribution >= 0.6 is 11.6 Å². The summed E-state index contributed by atoms with van der Waals surface area (Å²) in [7, 11) is 0. The molecule has 1 saturated heterocycles. The largest absolute Gasteiger partial charge is 0.410 e. The number of fused-ring (bicyclic) bond motifs is 1. The van der Waals surface area contributed by atoms with E-state index >= 15 is 0 Å². The summed E-state index contributed by atoms with van der Waals surface area (Å²) in [6.07, 6.45) is -5.05. The third kappa shape index (κ3) is 4.59. The Kier molecular flexibility index (Phi) is 6.27. The maximum absolute atomic E-state index is 14.0. The summed E-state index contributed by atoms with van der Waals surface area (Å²) in [5, 5.41) is 6.76. The second kappa shape index (κ2) is 9.27. The number of aromatic nitrogens is 2. The van der Waals surface area contributed by atoms with Crippen molar-refractivity contribution in [1.29, 1.82) is 0 Å². The van der Waals surface area contributed by atoms with Gasteiger partial charge in [0.05, 0.1) is 6.04 Å². The molecule has 0 radical (unpaired) electrons. The second-order valence-corrected chi connectivity index (χ2v) is 9.13. The molecule has 36 heavy (non-hydrogen) atoms. The van der Waals surface area contributed by atoms with Gasteiger partial charge in [0.15, 0.2) is 11.7 Å². The van der Waals surface area contributed by atoms with E-state index in [1.807, 2.05) is 4.90 Å². The predicted octanol–water partition coefficient (Wildman–Crippen LogP) is 5.44. The van der Waals surface area contributed by atoms with Crippen LogP contribution in [-0.2, 0) is 0 Å². The number of carbonyl (C=O) groups excluding carboxylic acids is 1. The Morgan fingerprint density at radius 2 is 1.53 bits per heavy atom. The minimum absolute atomic E-state index is 0.104. The molecule has 0 spiro atoms.